The average Bonchev–Trinajstić information content (AvgIpc) is 3.37. The Hall–Kier alpha value is -2.90. The topological polar surface area (TPSA) is 87.2 Å². The minimum atomic E-state index is -0.780. The van der Waals surface area contributed by atoms with Gasteiger partial charge < -0.3 is 24.1 Å². The molecule has 0 saturated carbocycles. The number of hydrogen-bond donors (Lipinski definition) is 1. The number of nitrogens with one attached hydrogen (secondary N) is 1. The maximum atomic E-state index is 13.1. The van der Waals surface area contributed by atoms with E-state index in [0.29, 0.717) is 17.9 Å². The number of quaternary nitrogens is 1. The van der Waals surface area contributed by atoms with E-state index in [1.54, 1.807) is 42.5 Å². The highest BCUT2D eigenvalue weighted by Crippen LogP contribution is 2.38. The molecule has 1 amide bonds. The average molecular weight is 396 g/mol. The summed E-state index contributed by atoms with van der Waals surface area (Å²) in [7, 11) is 0. The highest BCUT2D eigenvalue weighted by atomic mass is 16.5. The van der Waals surface area contributed by atoms with Gasteiger partial charge in [-0.25, -0.2) is 0 Å². The summed E-state index contributed by atoms with van der Waals surface area (Å²) in [4.78, 5) is 28.5. The van der Waals surface area contributed by atoms with Crippen molar-refractivity contribution >= 4 is 17.4 Å². The van der Waals surface area contributed by atoms with Gasteiger partial charge in [0.25, 0.3) is 5.91 Å². The van der Waals surface area contributed by atoms with Gasteiger partial charge in [-0.05, 0) is 17.7 Å². The number of nitrogens with zero attached hydrogens (tertiary/aromatic N) is 1. The summed E-state index contributed by atoms with van der Waals surface area (Å²) < 4.78 is 10.9. The molecule has 7 heteroatoms. The van der Waals surface area contributed by atoms with Crippen molar-refractivity contribution in [3.63, 3.8) is 0 Å². The van der Waals surface area contributed by atoms with Crippen LogP contribution in [0.3, 0.4) is 0 Å². The number of ether oxygens (including phenoxy) is 1. The molecule has 1 N–H and O–H groups in total. The highest BCUT2D eigenvalue weighted by Gasteiger charge is 2.45. The predicted octanol–water partition coefficient (Wildman–Crippen LogP) is -0.191. The van der Waals surface area contributed by atoms with Crippen molar-refractivity contribution in [3.05, 3.63) is 65.6 Å². The van der Waals surface area contributed by atoms with Crippen LogP contribution in [0.25, 0.3) is 5.76 Å². The fourth-order valence-electron chi connectivity index (χ4n) is 4.00. The first-order valence-corrected chi connectivity index (χ1v) is 9.93. The maximum Gasteiger partial charge on any atom is 0.295 e. The molecule has 1 aromatic heterocycles. The summed E-state index contributed by atoms with van der Waals surface area (Å²) in [6.07, 6.45) is 2.22. The molecule has 1 atom stereocenters. The van der Waals surface area contributed by atoms with E-state index in [4.69, 9.17) is 9.15 Å². The molecule has 0 spiro atoms. The van der Waals surface area contributed by atoms with Crippen LogP contribution >= 0.6 is 0 Å². The fourth-order valence-corrected chi connectivity index (χ4v) is 4.00. The third-order valence-corrected chi connectivity index (χ3v) is 5.51. The van der Waals surface area contributed by atoms with Gasteiger partial charge in [-0.3, -0.25) is 9.59 Å². The maximum absolute atomic E-state index is 13.1. The second-order valence-electron chi connectivity index (χ2n) is 7.32. The van der Waals surface area contributed by atoms with E-state index in [1.165, 1.54) is 16.1 Å². The zero-order chi connectivity index (χ0) is 20.2. The van der Waals surface area contributed by atoms with E-state index in [2.05, 4.69) is 0 Å². The van der Waals surface area contributed by atoms with Gasteiger partial charge >= 0.3 is 0 Å². The van der Waals surface area contributed by atoms with Crippen molar-refractivity contribution < 1.29 is 28.7 Å². The molecule has 2 saturated heterocycles. The van der Waals surface area contributed by atoms with E-state index in [-0.39, 0.29) is 5.57 Å². The van der Waals surface area contributed by atoms with E-state index in [1.807, 2.05) is 0 Å². The molecule has 2 aliphatic rings. The lowest BCUT2D eigenvalue weighted by molar-refractivity contribution is -0.908. The number of Topliss-reactive ketones (excluding diaryl/α,β-unsaturated/α-hetero) is 1. The molecule has 2 fully saturated rings. The number of carbonyl (C=O) groups excluding carboxylic acids is 2. The van der Waals surface area contributed by atoms with Crippen LogP contribution < -0.4 is 10.0 Å². The van der Waals surface area contributed by atoms with E-state index in [0.717, 1.165) is 39.3 Å². The van der Waals surface area contributed by atoms with Crippen molar-refractivity contribution in [1.82, 2.24) is 4.90 Å². The van der Waals surface area contributed by atoms with Crippen molar-refractivity contribution in [3.8, 4) is 0 Å². The molecular weight excluding hydrogens is 372 g/mol. The van der Waals surface area contributed by atoms with E-state index < -0.39 is 23.5 Å². The van der Waals surface area contributed by atoms with Crippen LogP contribution in [0, 0.1) is 0 Å². The zero-order valence-corrected chi connectivity index (χ0v) is 16.1. The first kappa shape index (κ1) is 19.4. The van der Waals surface area contributed by atoms with Crippen molar-refractivity contribution in [2.75, 3.05) is 39.4 Å². The standard InChI is InChI=1S/C22H24N2O5/c25-20(16-6-2-1-3-7-16)18-19(17-8-4-13-29-17)24(22(27)21(18)26)10-5-9-23-11-14-28-15-12-23/h1-4,6-8,13,19,25H,5,9-12,14-15H2. The fraction of sp³-hybridized carbons (Fsp3) is 0.364. The first-order valence-electron chi connectivity index (χ1n) is 9.93. The Balaban J connectivity index is 1.60. The number of furan rings is 1. The highest BCUT2D eigenvalue weighted by molar-refractivity contribution is 6.46. The molecule has 2 aromatic rings. The van der Waals surface area contributed by atoms with Crippen molar-refractivity contribution in [2.24, 2.45) is 0 Å². The van der Waals surface area contributed by atoms with Gasteiger partial charge in [-0.15, -0.1) is 0 Å². The lowest BCUT2D eigenvalue weighted by atomic mass is 9.99. The lowest BCUT2D eigenvalue weighted by Crippen LogP contribution is -3.14. The quantitative estimate of drug-likeness (QED) is 0.416. The first-order chi connectivity index (χ1) is 14.2. The molecule has 0 bridgehead atoms. The van der Waals surface area contributed by atoms with Gasteiger partial charge in [0.15, 0.2) is 0 Å². The number of amides is 1. The normalized spacial score (nSPS) is 22.3. The van der Waals surface area contributed by atoms with Crippen LogP contribution in [0.15, 0.2) is 58.7 Å². The molecular formula is C22H24N2O5. The number of likely N-dealkylation sites (tertiary alicyclic amines) is 1. The molecule has 2 aliphatic heterocycles. The number of rotatable bonds is 6. The Morgan fingerprint density at radius 1 is 1.10 bits per heavy atom. The molecule has 1 aromatic carbocycles. The van der Waals surface area contributed by atoms with Crippen LogP contribution in [0.4, 0.5) is 0 Å². The third-order valence-electron chi connectivity index (χ3n) is 5.51. The molecule has 7 nitrogen and oxygen atoms in total. The van der Waals surface area contributed by atoms with Gasteiger partial charge in [0.1, 0.15) is 24.9 Å². The van der Waals surface area contributed by atoms with Gasteiger partial charge in [0, 0.05) is 18.5 Å². The van der Waals surface area contributed by atoms with Crippen molar-refractivity contribution in [1.29, 1.82) is 0 Å². The van der Waals surface area contributed by atoms with Crippen LogP contribution in [-0.4, -0.2) is 56.0 Å². The number of morpholine rings is 1. The summed E-state index contributed by atoms with van der Waals surface area (Å²) >= 11 is 0. The van der Waals surface area contributed by atoms with Gasteiger partial charge in [-0.2, -0.15) is 0 Å². The molecule has 0 aliphatic carbocycles. The number of hydrogen-bond acceptors (Lipinski definition) is 5. The minimum absolute atomic E-state index is 0.0325. The second kappa shape index (κ2) is 8.63. The molecule has 1 unspecified atom stereocenters. The molecule has 3 heterocycles. The van der Waals surface area contributed by atoms with Gasteiger partial charge in [0.2, 0.25) is 5.78 Å². The Bertz CT molecular complexity index is 885. The van der Waals surface area contributed by atoms with Crippen LogP contribution in [0.1, 0.15) is 23.8 Å². The summed E-state index contributed by atoms with van der Waals surface area (Å²) in [6.45, 7) is 4.65. The van der Waals surface area contributed by atoms with Crippen LogP contribution in [-0.2, 0) is 14.3 Å². The van der Waals surface area contributed by atoms with E-state index in [9.17, 15) is 14.7 Å². The minimum Gasteiger partial charge on any atom is -0.872 e. The third kappa shape index (κ3) is 3.97. The van der Waals surface area contributed by atoms with E-state index >= 15 is 0 Å². The van der Waals surface area contributed by atoms with Gasteiger partial charge in [-0.1, -0.05) is 36.1 Å². The summed E-state index contributed by atoms with van der Waals surface area (Å²) in [5, 5.41) is 13.1. The summed E-state index contributed by atoms with van der Waals surface area (Å²) in [5.41, 5.74) is 0.356. The molecule has 4 rings (SSSR count). The Morgan fingerprint density at radius 3 is 2.55 bits per heavy atom. The largest absolute Gasteiger partial charge is 0.872 e. The zero-order valence-electron chi connectivity index (χ0n) is 16.1. The monoisotopic (exact) mass is 396 g/mol. The Kier molecular flexibility index (Phi) is 5.78. The molecule has 29 heavy (non-hydrogen) atoms. The molecule has 152 valence electrons. The Morgan fingerprint density at radius 2 is 1.86 bits per heavy atom. The second-order valence-corrected chi connectivity index (χ2v) is 7.32. The number of ketones is 1. The van der Waals surface area contributed by atoms with Crippen molar-refractivity contribution in [2.45, 2.75) is 12.5 Å². The smallest absolute Gasteiger partial charge is 0.295 e. The lowest BCUT2D eigenvalue weighted by Gasteiger charge is -2.27. The summed E-state index contributed by atoms with van der Waals surface area (Å²) in [5.74, 6) is -1.37. The molecule has 0 radical (unpaired) electrons. The van der Waals surface area contributed by atoms with Gasteiger partial charge in [0.05, 0.1) is 26.0 Å². The number of carbonyl (C=O) groups is 2. The van der Waals surface area contributed by atoms with Crippen LogP contribution in [0.2, 0.25) is 0 Å². The number of benzene rings is 1. The summed E-state index contributed by atoms with van der Waals surface area (Å²) in [6, 6.07) is 11.2. The predicted molar refractivity (Wildman–Crippen MR) is 103 cm³/mol. The Labute approximate surface area is 169 Å². The van der Waals surface area contributed by atoms with Crippen LogP contribution in [0.5, 0.6) is 0 Å². The SMILES string of the molecule is O=C1C(=O)N(CCC[NH+]2CCOCC2)C(c2ccco2)C1=C([O-])c1ccccc1.